The zero-order valence-corrected chi connectivity index (χ0v) is 11.7. The molecule has 110 valence electrons. The molecule has 0 radical (unpaired) electrons. The van der Waals surface area contributed by atoms with Crippen LogP contribution in [0.2, 0.25) is 0 Å². The van der Waals surface area contributed by atoms with E-state index in [1.54, 1.807) is 6.33 Å². The molecular formula is C16H18N2O3. The largest absolute Gasteiger partial charge is 0.482 e. The van der Waals surface area contributed by atoms with Gasteiger partial charge in [-0.25, -0.2) is 9.78 Å². The third-order valence-corrected chi connectivity index (χ3v) is 3.95. The Hall–Kier alpha value is -2.30. The summed E-state index contributed by atoms with van der Waals surface area (Å²) < 4.78 is 5.39. The Labute approximate surface area is 123 Å². The minimum atomic E-state index is -0.945. The number of H-pyrrole nitrogens is 1. The predicted octanol–water partition coefficient (Wildman–Crippen LogP) is 2.22. The number of ether oxygens (including phenoxy) is 1. The first kappa shape index (κ1) is 13.7. The van der Waals surface area contributed by atoms with E-state index in [-0.39, 0.29) is 6.61 Å². The molecule has 0 fully saturated rings. The normalized spacial score (nSPS) is 17.2. The van der Waals surface area contributed by atoms with Crippen LogP contribution < -0.4 is 4.74 Å². The molecule has 5 nitrogen and oxygen atoms in total. The summed E-state index contributed by atoms with van der Waals surface area (Å²) in [5.74, 6) is 0.350. The zero-order valence-electron chi connectivity index (χ0n) is 11.7. The molecule has 0 spiro atoms. The summed E-state index contributed by atoms with van der Waals surface area (Å²) >= 11 is 0. The van der Waals surface area contributed by atoms with E-state index in [9.17, 15) is 4.79 Å². The van der Waals surface area contributed by atoms with Crippen molar-refractivity contribution >= 4 is 5.97 Å². The van der Waals surface area contributed by atoms with Crippen LogP contribution >= 0.6 is 0 Å². The van der Waals surface area contributed by atoms with E-state index in [0.717, 1.165) is 36.9 Å². The van der Waals surface area contributed by atoms with Crippen molar-refractivity contribution in [3.63, 3.8) is 0 Å². The van der Waals surface area contributed by atoms with Gasteiger partial charge in [-0.3, -0.25) is 0 Å². The summed E-state index contributed by atoms with van der Waals surface area (Å²) in [7, 11) is 0. The molecule has 2 aromatic rings. The van der Waals surface area contributed by atoms with Crippen LogP contribution in [0, 0.1) is 5.92 Å². The van der Waals surface area contributed by atoms with E-state index in [2.05, 4.69) is 16.0 Å². The molecule has 0 amide bonds. The molecular weight excluding hydrogens is 268 g/mol. The molecule has 1 heterocycles. The molecule has 21 heavy (non-hydrogen) atoms. The van der Waals surface area contributed by atoms with Crippen LogP contribution in [0.15, 0.2) is 30.7 Å². The van der Waals surface area contributed by atoms with Gasteiger partial charge in [0.15, 0.2) is 6.61 Å². The molecule has 0 bridgehead atoms. The SMILES string of the molecule is O=C(O)COc1cccc2c1CCC(Cc1c[nH]cn1)C2. The third kappa shape index (κ3) is 3.24. The van der Waals surface area contributed by atoms with Gasteiger partial charge >= 0.3 is 5.97 Å². The van der Waals surface area contributed by atoms with Gasteiger partial charge in [0.1, 0.15) is 5.75 Å². The second kappa shape index (κ2) is 5.99. The molecule has 0 aliphatic heterocycles. The van der Waals surface area contributed by atoms with E-state index in [0.29, 0.717) is 11.7 Å². The average molecular weight is 286 g/mol. The highest BCUT2D eigenvalue weighted by Crippen LogP contribution is 2.33. The van der Waals surface area contributed by atoms with Crippen LogP contribution in [0.25, 0.3) is 0 Å². The fraction of sp³-hybridized carbons (Fsp3) is 0.375. The second-order valence-electron chi connectivity index (χ2n) is 5.45. The van der Waals surface area contributed by atoms with Gasteiger partial charge in [0.25, 0.3) is 0 Å². The van der Waals surface area contributed by atoms with E-state index in [4.69, 9.17) is 9.84 Å². The Morgan fingerprint density at radius 3 is 3.14 bits per heavy atom. The van der Waals surface area contributed by atoms with Gasteiger partial charge < -0.3 is 14.8 Å². The number of rotatable bonds is 5. The van der Waals surface area contributed by atoms with Gasteiger partial charge in [-0.15, -0.1) is 0 Å². The first-order chi connectivity index (χ1) is 10.2. The van der Waals surface area contributed by atoms with Crippen LogP contribution in [0.1, 0.15) is 23.2 Å². The fourth-order valence-corrected chi connectivity index (χ4v) is 2.99. The lowest BCUT2D eigenvalue weighted by Crippen LogP contribution is -2.18. The van der Waals surface area contributed by atoms with Crippen molar-refractivity contribution in [3.05, 3.63) is 47.5 Å². The monoisotopic (exact) mass is 286 g/mol. The zero-order chi connectivity index (χ0) is 14.7. The Morgan fingerprint density at radius 1 is 1.48 bits per heavy atom. The Morgan fingerprint density at radius 2 is 2.38 bits per heavy atom. The summed E-state index contributed by atoms with van der Waals surface area (Å²) in [4.78, 5) is 17.9. The van der Waals surface area contributed by atoms with Crippen LogP contribution in [0.3, 0.4) is 0 Å². The molecule has 5 heteroatoms. The maximum absolute atomic E-state index is 10.6. The summed E-state index contributed by atoms with van der Waals surface area (Å²) in [6.07, 6.45) is 7.63. The van der Waals surface area contributed by atoms with Gasteiger partial charge in [0, 0.05) is 6.20 Å². The van der Waals surface area contributed by atoms with Crippen molar-refractivity contribution < 1.29 is 14.6 Å². The van der Waals surface area contributed by atoms with Crippen molar-refractivity contribution in [2.75, 3.05) is 6.61 Å². The van der Waals surface area contributed by atoms with Gasteiger partial charge in [-0.1, -0.05) is 12.1 Å². The van der Waals surface area contributed by atoms with Crippen molar-refractivity contribution in [1.82, 2.24) is 9.97 Å². The number of nitrogens with zero attached hydrogens (tertiary/aromatic N) is 1. The molecule has 0 saturated carbocycles. The van der Waals surface area contributed by atoms with Gasteiger partial charge in [0.2, 0.25) is 0 Å². The van der Waals surface area contributed by atoms with Crippen molar-refractivity contribution in [2.45, 2.75) is 25.7 Å². The first-order valence-electron chi connectivity index (χ1n) is 7.15. The fourth-order valence-electron chi connectivity index (χ4n) is 2.99. The number of carboxylic acids is 1. The summed E-state index contributed by atoms with van der Waals surface area (Å²) in [5.41, 5.74) is 3.53. The number of benzene rings is 1. The quantitative estimate of drug-likeness (QED) is 0.883. The predicted molar refractivity (Wildman–Crippen MR) is 77.4 cm³/mol. The van der Waals surface area contributed by atoms with Gasteiger partial charge in [-0.2, -0.15) is 0 Å². The highest BCUT2D eigenvalue weighted by atomic mass is 16.5. The minimum absolute atomic E-state index is 0.285. The van der Waals surface area contributed by atoms with E-state index in [1.165, 1.54) is 5.56 Å². The number of aliphatic carboxylic acids is 1. The van der Waals surface area contributed by atoms with Gasteiger partial charge in [-0.05, 0) is 48.8 Å². The maximum Gasteiger partial charge on any atom is 0.341 e. The Bertz CT molecular complexity index is 622. The summed E-state index contributed by atoms with van der Waals surface area (Å²) in [5, 5.41) is 8.73. The summed E-state index contributed by atoms with van der Waals surface area (Å²) in [6.45, 7) is -0.285. The van der Waals surface area contributed by atoms with Crippen LogP contribution in [-0.2, 0) is 24.1 Å². The molecule has 3 rings (SSSR count). The lowest BCUT2D eigenvalue weighted by molar-refractivity contribution is -0.139. The minimum Gasteiger partial charge on any atom is -0.482 e. The van der Waals surface area contributed by atoms with Crippen molar-refractivity contribution in [1.29, 1.82) is 0 Å². The summed E-state index contributed by atoms with van der Waals surface area (Å²) in [6, 6.07) is 5.91. The number of hydrogen-bond donors (Lipinski definition) is 2. The lowest BCUT2D eigenvalue weighted by Gasteiger charge is -2.25. The number of imidazole rings is 1. The number of carboxylic acid groups (broad SMARTS) is 1. The maximum atomic E-state index is 10.6. The molecule has 1 aliphatic carbocycles. The number of fused-ring (bicyclic) bond motifs is 1. The van der Waals surface area contributed by atoms with Crippen LogP contribution in [-0.4, -0.2) is 27.7 Å². The van der Waals surface area contributed by atoms with Crippen LogP contribution in [0.4, 0.5) is 0 Å². The van der Waals surface area contributed by atoms with Crippen LogP contribution in [0.5, 0.6) is 5.75 Å². The molecule has 1 unspecified atom stereocenters. The molecule has 1 atom stereocenters. The topological polar surface area (TPSA) is 75.2 Å². The number of nitrogens with one attached hydrogen (secondary N) is 1. The highest BCUT2D eigenvalue weighted by Gasteiger charge is 2.22. The molecule has 2 N–H and O–H groups in total. The Balaban J connectivity index is 1.71. The average Bonchev–Trinajstić information content (AvgIpc) is 2.97. The molecule has 0 saturated heterocycles. The third-order valence-electron chi connectivity index (χ3n) is 3.95. The number of aromatic amines is 1. The highest BCUT2D eigenvalue weighted by molar-refractivity contribution is 5.68. The number of aromatic nitrogens is 2. The second-order valence-corrected chi connectivity index (χ2v) is 5.45. The lowest BCUT2D eigenvalue weighted by atomic mass is 9.81. The molecule has 1 aliphatic rings. The van der Waals surface area contributed by atoms with Crippen molar-refractivity contribution in [3.8, 4) is 5.75 Å². The first-order valence-corrected chi connectivity index (χ1v) is 7.15. The van der Waals surface area contributed by atoms with E-state index < -0.39 is 5.97 Å². The number of carbonyl (C=O) groups is 1. The smallest absolute Gasteiger partial charge is 0.341 e. The molecule has 1 aromatic carbocycles. The standard InChI is InChI=1S/C16H18N2O3/c19-16(20)9-21-15-3-1-2-12-6-11(4-5-14(12)15)7-13-8-17-10-18-13/h1-3,8,10-11H,4-7,9H2,(H,17,18)(H,19,20). The van der Waals surface area contributed by atoms with Gasteiger partial charge in [0.05, 0.1) is 12.0 Å². The molecule has 1 aromatic heterocycles. The number of hydrogen-bond acceptors (Lipinski definition) is 3. The van der Waals surface area contributed by atoms with E-state index in [1.807, 2.05) is 18.3 Å². The van der Waals surface area contributed by atoms with Crippen molar-refractivity contribution in [2.24, 2.45) is 5.92 Å². The Kier molecular flexibility index (Phi) is 3.90. The van der Waals surface area contributed by atoms with E-state index >= 15 is 0 Å².